The van der Waals surface area contributed by atoms with Gasteiger partial charge in [0.25, 0.3) is 0 Å². The van der Waals surface area contributed by atoms with Gasteiger partial charge in [-0.3, -0.25) is 9.67 Å². The monoisotopic (exact) mass is 330 g/mol. The van der Waals surface area contributed by atoms with E-state index >= 15 is 0 Å². The highest BCUT2D eigenvalue weighted by molar-refractivity contribution is 6.31. The van der Waals surface area contributed by atoms with Crippen LogP contribution in [0.25, 0.3) is 10.9 Å². The molecule has 120 valence electrons. The fraction of sp³-hybridized carbons (Fsp3) is 0.294. The van der Waals surface area contributed by atoms with E-state index in [0.29, 0.717) is 18.1 Å². The topological polar surface area (TPSA) is 63.0 Å². The quantitative estimate of drug-likeness (QED) is 0.755. The summed E-state index contributed by atoms with van der Waals surface area (Å²) in [5, 5.41) is 19.7. The van der Waals surface area contributed by atoms with Crippen LogP contribution in [0.2, 0.25) is 5.02 Å². The molecule has 0 aliphatic rings. The molecule has 0 amide bonds. The molecule has 0 spiro atoms. The van der Waals surface area contributed by atoms with Gasteiger partial charge in [0.1, 0.15) is 5.60 Å². The number of fused-ring (bicyclic) bond motifs is 1. The lowest BCUT2D eigenvalue weighted by Gasteiger charge is -2.22. The minimum Gasteiger partial charge on any atom is -0.384 e. The van der Waals surface area contributed by atoms with Crippen molar-refractivity contribution in [1.29, 1.82) is 0 Å². The molecule has 5 nitrogen and oxygen atoms in total. The molecule has 1 aromatic carbocycles. The summed E-state index contributed by atoms with van der Waals surface area (Å²) < 4.78 is 1.68. The molecule has 0 aliphatic carbocycles. The minimum absolute atomic E-state index is 0.402. The summed E-state index contributed by atoms with van der Waals surface area (Å²) in [6, 6.07) is 7.69. The Morgan fingerprint density at radius 3 is 2.96 bits per heavy atom. The highest BCUT2D eigenvalue weighted by Crippen LogP contribution is 2.23. The normalized spacial score (nSPS) is 14.1. The van der Waals surface area contributed by atoms with E-state index in [1.54, 1.807) is 24.0 Å². The first-order valence-electron chi connectivity index (χ1n) is 7.41. The number of halogens is 1. The number of pyridine rings is 1. The van der Waals surface area contributed by atoms with Crippen molar-refractivity contribution in [1.82, 2.24) is 20.1 Å². The van der Waals surface area contributed by atoms with E-state index in [0.717, 1.165) is 22.0 Å². The lowest BCUT2D eigenvalue weighted by Crippen LogP contribution is -2.35. The molecule has 1 unspecified atom stereocenters. The van der Waals surface area contributed by atoms with Crippen molar-refractivity contribution in [3.63, 3.8) is 0 Å². The highest BCUT2D eigenvalue weighted by Gasteiger charge is 2.24. The molecule has 6 heteroatoms. The van der Waals surface area contributed by atoms with E-state index in [-0.39, 0.29) is 0 Å². The lowest BCUT2D eigenvalue weighted by molar-refractivity contribution is 0.0566. The van der Waals surface area contributed by atoms with Crippen molar-refractivity contribution >= 4 is 22.5 Å². The van der Waals surface area contributed by atoms with Gasteiger partial charge in [-0.25, -0.2) is 0 Å². The summed E-state index contributed by atoms with van der Waals surface area (Å²) >= 11 is 6.18. The number of aromatic nitrogens is 3. The fourth-order valence-corrected chi connectivity index (χ4v) is 2.85. The van der Waals surface area contributed by atoms with E-state index in [2.05, 4.69) is 15.4 Å². The molecular weight excluding hydrogens is 312 g/mol. The van der Waals surface area contributed by atoms with Gasteiger partial charge in [0, 0.05) is 48.5 Å². The molecule has 2 heterocycles. The Balaban J connectivity index is 1.74. The lowest BCUT2D eigenvalue weighted by atomic mass is 9.99. The summed E-state index contributed by atoms with van der Waals surface area (Å²) in [7, 11) is 1.83. The Bertz CT molecular complexity index is 828. The predicted octanol–water partition coefficient (Wildman–Crippen LogP) is 2.62. The van der Waals surface area contributed by atoms with Crippen LogP contribution in [0.3, 0.4) is 0 Å². The molecule has 3 rings (SSSR count). The standard InChI is InChI=1S/C17H19ClN4O/c1-17(23,14-9-21-22(2)10-14)11-19-8-13-7-15(18)6-12-4-3-5-20-16(12)13/h3-7,9-10,19,23H,8,11H2,1-2H3. The van der Waals surface area contributed by atoms with Gasteiger partial charge in [-0.2, -0.15) is 5.10 Å². The second-order valence-corrected chi connectivity index (χ2v) is 6.36. The van der Waals surface area contributed by atoms with Gasteiger partial charge in [-0.05, 0) is 30.7 Å². The smallest absolute Gasteiger partial charge is 0.102 e. The number of rotatable bonds is 5. The Labute approximate surface area is 139 Å². The maximum atomic E-state index is 10.6. The third-order valence-corrected chi connectivity index (χ3v) is 4.08. The van der Waals surface area contributed by atoms with E-state index in [9.17, 15) is 5.11 Å². The van der Waals surface area contributed by atoms with Gasteiger partial charge in [0.05, 0.1) is 11.7 Å². The number of nitrogens with zero attached hydrogens (tertiary/aromatic N) is 3. The first kappa shape index (κ1) is 15.9. The first-order chi connectivity index (χ1) is 11.0. The molecule has 0 fully saturated rings. The van der Waals surface area contributed by atoms with Crippen LogP contribution in [0.1, 0.15) is 18.1 Å². The molecule has 23 heavy (non-hydrogen) atoms. The Hall–Kier alpha value is -1.95. The molecule has 1 atom stereocenters. The zero-order valence-electron chi connectivity index (χ0n) is 13.1. The zero-order valence-corrected chi connectivity index (χ0v) is 13.9. The molecule has 2 aromatic heterocycles. The number of nitrogens with one attached hydrogen (secondary N) is 1. The first-order valence-corrected chi connectivity index (χ1v) is 7.79. The van der Waals surface area contributed by atoms with E-state index < -0.39 is 5.60 Å². The van der Waals surface area contributed by atoms with E-state index in [1.807, 2.05) is 37.5 Å². The number of aryl methyl sites for hydroxylation is 1. The summed E-state index contributed by atoms with van der Waals surface area (Å²) in [5.41, 5.74) is 1.72. The van der Waals surface area contributed by atoms with Gasteiger partial charge in [-0.15, -0.1) is 0 Å². The number of benzene rings is 1. The predicted molar refractivity (Wildman–Crippen MR) is 91.2 cm³/mol. The van der Waals surface area contributed by atoms with Gasteiger partial charge in [0.15, 0.2) is 0 Å². The number of hydrogen-bond acceptors (Lipinski definition) is 4. The maximum Gasteiger partial charge on any atom is 0.102 e. The Morgan fingerprint density at radius 2 is 2.22 bits per heavy atom. The van der Waals surface area contributed by atoms with Crippen molar-refractivity contribution in [2.24, 2.45) is 7.05 Å². The van der Waals surface area contributed by atoms with Crippen LogP contribution < -0.4 is 5.32 Å². The highest BCUT2D eigenvalue weighted by atomic mass is 35.5. The van der Waals surface area contributed by atoms with E-state index in [1.165, 1.54) is 0 Å². The van der Waals surface area contributed by atoms with Gasteiger partial charge < -0.3 is 10.4 Å². The number of hydrogen-bond donors (Lipinski definition) is 2. The van der Waals surface area contributed by atoms with E-state index in [4.69, 9.17) is 11.6 Å². The number of aliphatic hydroxyl groups is 1. The summed E-state index contributed by atoms with van der Waals surface area (Å²) in [4.78, 5) is 4.42. The third kappa shape index (κ3) is 3.52. The van der Waals surface area contributed by atoms with Crippen molar-refractivity contribution in [3.8, 4) is 0 Å². The van der Waals surface area contributed by atoms with Crippen LogP contribution in [-0.2, 0) is 19.2 Å². The van der Waals surface area contributed by atoms with Crippen LogP contribution in [0.4, 0.5) is 0 Å². The molecule has 3 aromatic rings. The Morgan fingerprint density at radius 1 is 1.39 bits per heavy atom. The molecule has 0 radical (unpaired) electrons. The second kappa shape index (κ2) is 6.28. The Kier molecular flexibility index (Phi) is 4.35. The van der Waals surface area contributed by atoms with Crippen LogP contribution in [-0.4, -0.2) is 26.4 Å². The van der Waals surface area contributed by atoms with Gasteiger partial charge in [0.2, 0.25) is 0 Å². The third-order valence-electron chi connectivity index (χ3n) is 3.86. The molecule has 0 saturated heterocycles. The molecular formula is C17H19ClN4O. The maximum absolute atomic E-state index is 10.6. The van der Waals surface area contributed by atoms with Crippen LogP contribution in [0, 0.1) is 0 Å². The second-order valence-electron chi connectivity index (χ2n) is 5.92. The summed E-state index contributed by atoms with van der Waals surface area (Å²) in [6.45, 7) is 2.75. The molecule has 0 aliphatic heterocycles. The van der Waals surface area contributed by atoms with Crippen molar-refractivity contribution in [2.45, 2.75) is 19.1 Å². The average molecular weight is 331 g/mol. The average Bonchev–Trinajstić information content (AvgIpc) is 2.94. The largest absolute Gasteiger partial charge is 0.384 e. The fourth-order valence-electron chi connectivity index (χ4n) is 2.60. The SMILES string of the molecule is Cn1cc(C(C)(O)CNCc2cc(Cl)cc3cccnc23)cn1. The minimum atomic E-state index is -0.990. The van der Waals surface area contributed by atoms with Gasteiger partial charge in [-0.1, -0.05) is 17.7 Å². The molecule has 2 N–H and O–H groups in total. The molecule has 0 bridgehead atoms. The van der Waals surface area contributed by atoms with Crippen LogP contribution >= 0.6 is 11.6 Å². The van der Waals surface area contributed by atoms with Crippen molar-refractivity contribution in [2.75, 3.05) is 6.54 Å². The van der Waals surface area contributed by atoms with Crippen molar-refractivity contribution < 1.29 is 5.11 Å². The summed E-state index contributed by atoms with van der Waals surface area (Å²) in [5.74, 6) is 0. The molecule has 0 saturated carbocycles. The van der Waals surface area contributed by atoms with Gasteiger partial charge >= 0.3 is 0 Å². The summed E-state index contributed by atoms with van der Waals surface area (Å²) in [6.07, 6.45) is 5.27. The van der Waals surface area contributed by atoms with Crippen molar-refractivity contribution in [3.05, 3.63) is 59.0 Å². The van der Waals surface area contributed by atoms with Crippen LogP contribution in [0.5, 0.6) is 0 Å². The zero-order chi connectivity index (χ0) is 16.4. The van der Waals surface area contributed by atoms with Crippen LogP contribution in [0.15, 0.2) is 42.9 Å².